The molecule has 2 nitrogen and oxygen atoms in total. The Hall–Kier alpha value is -1.31. The van der Waals surface area contributed by atoms with Crippen LogP contribution in [0, 0.1) is 6.92 Å². The summed E-state index contributed by atoms with van der Waals surface area (Å²) in [5.41, 5.74) is 1.25. The van der Waals surface area contributed by atoms with E-state index in [9.17, 15) is 0 Å². The third-order valence-electron chi connectivity index (χ3n) is 2.50. The van der Waals surface area contributed by atoms with Gasteiger partial charge in [0.2, 0.25) is 0 Å². The highest BCUT2D eigenvalue weighted by Gasteiger charge is 2.07. The molecule has 14 heavy (non-hydrogen) atoms. The van der Waals surface area contributed by atoms with E-state index >= 15 is 0 Å². The number of aromatic nitrogens is 1. The third-order valence-corrected chi connectivity index (χ3v) is 2.50. The van der Waals surface area contributed by atoms with Crippen LogP contribution in [-0.4, -0.2) is 11.0 Å². The molecule has 0 amide bonds. The van der Waals surface area contributed by atoms with Crippen molar-refractivity contribution in [2.24, 2.45) is 0 Å². The van der Waals surface area contributed by atoms with Crippen molar-refractivity contribution in [1.82, 2.24) is 4.98 Å². The van der Waals surface area contributed by atoms with Crippen molar-refractivity contribution in [3.8, 4) is 0 Å². The van der Waals surface area contributed by atoms with Gasteiger partial charge in [-0.1, -0.05) is 12.2 Å². The van der Waals surface area contributed by atoms with Crippen molar-refractivity contribution in [3.05, 3.63) is 36.0 Å². The second kappa shape index (κ2) is 4.27. The van der Waals surface area contributed by atoms with Gasteiger partial charge in [0.25, 0.3) is 0 Å². The van der Waals surface area contributed by atoms with Gasteiger partial charge in [-0.05, 0) is 43.9 Å². The van der Waals surface area contributed by atoms with Crippen molar-refractivity contribution in [2.45, 2.75) is 32.2 Å². The Kier molecular flexibility index (Phi) is 2.82. The van der Waals surface area contributed by atoms with Crippen LogP contribution in [0.5, 0.6) is 0 Å². The van der Waals surface area contributed by atoms with Crippen LogP contribution in [-0.2, 0) is 0 Å². The highest BCUT2D eigenvalue weighted by atomic mass is 15.0. The average molecular weight is 188 g/mol. The SMILES string of the molecule is Cc1ccnc(NC2C=CCCC2)c1. The van der Waals surface area contributed by atoms with Gasteiger partial charge in [0, 0.05) is 12.2 Å². The molecule has 2 heteroatoms. The van der Waals surface area contributed by atoms with Crippen molar-refractivity contribution in [2.75, 3.05) is 5.32 Å². The van der Waals surface area contributed by atoms with Crippen LogP contribution in [0.25, 0.3) is 0 Å². The van der Waals surface area contributed by atoms with Gasteiger partial charge in [-0.15, -0.1) is 0 Å². The van der Waals surface area contributed by atoms with Gasteiger partial charge >= 0.3 is 0 Å². The first-order valence-electron chi connectivity index (χ1n) is 5.20. The van der Waals surface area contributed by atoms with Gasteiger partial charge in [0.1, 0.15) is 5.82 Å². The van der Waals surface area contributed by atoms with Crippen LogP contribution < -0.4 is 5.32 Å². The minimum absolute atomic E-state index is 0.470. The summed E-state index contributed by atoms with van der Waals surface area (Å²) in [5, 5.41) is 3.42. The Morgan fingerprint density at radius 1 is 1.50 bits per heavy atom. The predicted molar refractivity (Wildman–Crippen MR) is 59.4 cm³/mol. The van der Waals surface area contributed by atoms with Crippen LogP contribution in [0.3, 0.4) is 0 Å². The lowest BCUT2D eigenvalue weighted by molar-refractivity contribution is 0.671. The average Bonchev–Trinajstić information content (AvgIpc) is 2.19. The molecule has 0 aliphatic heterocycles. The fraction of sp³-hybridized carbons (Fsp3) is 0.417. The summed E-state index contributed by atoms with van der Waals surface area (Å²) in [4.78, 5) is 4.29. The quantitative estimate of drug-likeness (QED) is 0.722. The number of rotatable bonds is 2. The lowest BCUT2D eigenvalue weighted by atomic mass is 10.0. The van der Waals surface area contributed by atoms with Gasteiger partial charge in [-0.3, -0.25) is 0 Å². The molecule has 1 aromatic rings. The molecule has 0 bridgehead atoms. The Morgan fingerprint density at radius 3 is 3.14 bits per heavy atom. The first-order valence-corrected chi connectivity index (χ1v) is 5.20. The first kappa shape index (κ1) is 9.25. The zero-order chi connectivity index (χ0) is 9.80. The standard InChI is InChI=1S/C12H16N2/c1-10-7-8-13-12(9-10)14-11-5-3-2-4-6-11/h3,5,7-9,11H,2,4,6H2,1H3,(H,13,14). The summed E-state index contributed by atoms with van der Waals surface area (Å²) >= 11 is 0. The monoisotopic (exact) mass is 188 g/mol. The predicted octanol–water partition coefficient (Wildman–Crippen LogP) is 2.91. The molecule has 1 aliphatic rings. The molecule has 0 spiro atoms. The van der Waals surface area contributed by atoms with Gasteiger partial charge in [-0.25, -0.2) is 4.98 Å². The largest absolute Gasteiger partial charge is 0.364 e. The van der Waals surface area contributed by atoms with Gasteiger partial charge in [0.15, 0.2) is 0 Å². The Labute approximate surface area is 85.1 Å². The van der Waals surface area contributed by atoms with Crippen LogP contribution in [0.2, 0.25) is 0 Å². The normalized spacial score (nSPS) is 20.8. The smallest absolute Gasteiger partial charge is 0.126 e. The van der Waals surface area contributed by atoms with Gasteiger partial charge in [0.05, 0.1) is 0 Å². The summed E-state index contributed by atoms with van der Waals surface area (Å²) in [6, 6.07) is 4.57. The molecule has 1 N–H and O–H groups in total. The first-order chi connectivity index (χ1) is 6.84. The van der Waals surface area contributed by atoms with E-state index in [-0.39, 0.29) is 0 Å². The summed E-state index contributed by atoms with van der Waals surface area (Å²) in [5.74, 6) is 0.988. The van der Waals surface area contributed by atoms with Crippen LogP contribution in [0.4, 0.5) is 5.82 Å². The molecule has 0 aromatic carbocycles. The summed E-state index contributed by atoms with van der Waals surface area (Å²) in [6.07, 6.45) is 10.1. The lowest BCUT2D eigenvalue weighted by Gasteiger charge is -2.18. The Balaban J connectivity index is 2.02. The number of pyridine rings is 1. The molecular formula is C12H16N2. The van der Waals surface area contributed by atoms with Crippen molar-refractivity contribution >= 4 is 5.82 Å². The number of aryl methyl sites for hydroxylation is 1. The lowest BCUT2D eigenvalue weighted by Crippen LogP contribution is -2.19. The van der Waals surface area contributed by atoms with E-state index < -0.39 is 0 Å². The third kappa shape index (κ3) is 2.34. The van der Waals surface area contributed by atoms with E-state index in [1.807, 2.05) is 12.3 Å². The molecule has 74 valence electrons. The van der Waals surface area contributed by atoms with E-state index in [2.05, 4.69) is 35.4 Å². The van der Waals surface area contributed by atoms with E-state index in [1.54, 1.807) is 0 Å². The van der Waals surface area contributed by atoms with Crippen molar-refractivity contribution in [1.29, 1.82) is 0 Å². The molecule has 1 heterocycles. The van der Waals surface area contributed by atoms with E-state index in [1.165, 1.54) is 24.8 Å². The molecule has 0 saturated carbocycles. The number of allylic oxidation sites excluding steroid dienone is 1. The topological polar surface area (TPSA) is 24.9 Å². The Morgan fingerprint density at radius 2 is 2.43 bits per heavy atom. The summed E-state index contributed by atoms with van der Waals surface area (Å²) in [6.45, 7) is 2.09. The number of hydrogen-bond donors (Lipinski definition) is 1. The fourth-order valence-electron chi connectivity index (χ4n) is 1.74. The fourth-order valence-corrected chi connectivity index (χ4v) is 1.74. The number of nitrogens with one attached hydrogen (secondary N) is 1. The van der Waals surface area contributed by atoms with Crippen molar-refractivity contribution < 1.29 is 0 Å². The van der Waals surface area contributed by atoms with Crippen LogP contribution >= 0.6 is 0 Å². The summed E-state index contributed by atoms with van der Waals surface area (Å²) in [7, 11) is 0. The second-order valence-electron chi connectivity index (χ2n) is 3.83. The molecule has 1 aromatic heterocycles. The van der Waals surface area contributed by atoms with Gasteiger partial charge < -0.3 is 5.32 Å². The number of hydrogen-bond acceptors (Lipinski definition) is 2. The maximum absolute atomic E-state index is 4.29. The van der Waals surface area contributed by atoms with Crippen LogP contribution in [0.1, 0.15) is 24.8 Å². The highest BCUT2D eigenvalue weighted by molar-refractivity contribution is 5.39. The maximum Gasteiger partial charge on any atom is 0.126 e. The molecule has 0 fully saturated rings. The molecule has 1 unspecified atom stereocenters. The Bertz CT molecular complexity index is 331. The zero-order valence-corrected chi connectivity index (χ0v) is 8.53. The molecule has 0 saturated heterocycles. The molecule has 1 atom stereocenters. The maximum atomic E-state index is 4.29. The van der Waals surface area contributed by atoms with Crippen molar-refractivity contribution in [3.63, 3.8) is 0 Å². The van der Waals surface area contributed by atoms with Gasteiger partial charge in [-0.2, -0.15) is 0 Å². The zero-order valence-electron chi connectivity index (χ0n) is 8.53. The minimum Gasteiger partial charge on any atom is -0.364 e. The second-order valence-corrected chi connectivity index (χ2v) is 3.83. The summed E-state index contributed by atoms with van der Waals surface area (Å²) < 4.78 is 0. The number of anilines is 1. The number of nitrogens with zero attached hydrogens (tertiary/aromatic N) is 1. The van der Waals surface area contributed by atoms with E-state index in [4.69, 9.17) is 0 Å². The molecule has 2 rings (SSSR count). The highest BCUT2D eigenvalue weighted by Crippen LogP contribution is 2.15. The van der Waals surface area contributed by atoms with E-state index in [0.29, 0.717) is 6.04 Å². The molecular weight excluding hydrogens is 172 g/mol. The molecule has 0 radical (unpaired) electrons. The van der Waals surface area contributed by atoms with Crippen LogP contribution in [0.15, 0.2) is 30.5 Å². The molecule has 1 aliphatic carbocycles. The van der Waals surface area contributed by atoms with E-state index in [0.717, 1.165) is 5.82 Å². The minimum atomic E-state index is 0.470.